The predicted octanol–water partition coefficient (Wildman–Crippen LogP) is 1.58. The van der Waals surface area contributed by atoms with Crippen molar-refractivity contribution in [2.24, 2.45) is 0 Å². The first-order valence-electron chi connectivity index (χ1n) is 9.74. The third-order valence-electron chi connectivity index (χ3n) is 4.79. The molecule has 2 aromatic rings. The van der Waals surface area contributed by atoms with E-state index >= 15 is 0 Å². The SMILES string of the molecule is O=C(CCCOc1ccccc1)NCc1ccccc1C[NH+]1CCOCC1. The highest BCUT2D eigenvalue weighted by atomic mass is 16.5. The van der Waals surface area contributed by atoms with Crippen LogP contribution in [-0.4, -0.2) is 38.8 Å². The van der Waals surface area contributed by atoms with E-state index in [2.05, 4.69) is 23.5 Å². The molecular weight excluding hydrogens is 340 g/mol. The Morgan fingerprint density at radius 1 is 1.00 bits per heavy atom. The second-order valence-electron chi connectivity index (χ2n) is 6.85. The van der Waals surface area contributed by atoms with E-state index in [9.17, 15) is 4.79 Å². The summed E-state index contributed by atoms with van der Waals surface area (Å²) in [4.78, 5) is 13.7. The quantitative estimate of drug-likeness (QED) is 0.660. The molecule has 0 spiro atoms. The lowest BCUT2D eigenvalue weighted by Gasteiger charge is -2.24. The van der Waals surface area contributed by atoms with Crippen molar-refractivity contribution in [2.75, 3.05) is 32.9 Å². The van der Waals surface area contributed by atoms with Gasteiger partial charge in [-0.05, 0) is 24.1 Å². The molecule has 27 heavy (non-hydrogen) atoms. The molecule has 0 aromatic heterocycles. The van der Waals surface area contributed by atoms with Crippen LogP contribution in [0.15, 0.2) is 54.6 Å². The summed E-state index contributed by atoms with van der Waals surface area (Å²) >= 11 is 0. The second-order valence-corrected chi connectivity index (χ2v) is 6.85. The number of rotatable bonds is 9. The first-order chi connectivity index (χ1) is 13.3. The average Bonchev–Trinajstić information content (AvgIpc) is 2.72. The maximum Gasteiger partial charge on any atom is 0.220 e. The molecule has 2 aromatic carbocycles. The van der Waals surface area contributed by atoms with Crippen molar-refractivity contribution in [1.82, 2.24) is 5.32 Å². The number of nitrogens with one attached hydrogen (secondary N) is 2. The summed E-state index contributed by atoms with van der Waals surface area (Å²) in [7, 11) is 0. The topological polar surface area (TPSA) is 52.0 Å². The zero-order valence-electron chi connectivity index (χ0n) is 15.8. The number of hydrogen-bond donors (Lipinski definition) is 2. The first-order valence-corrected chi connectivity index (χ1v) is 9.74. The van der Waals surface area contributed by atoms with Gasteiger partial charge in [0.25, 0.3) is 0 Å². The maximum absolute atomic E-state index is 12.1. The molecule has 5 heteroatoms. The average molecular weight is 369 g/mol. The molecule has 0 bridgehead atoms. The summed E-state index contributed by atoms with van der Waals surface area (Å²) < 4.78 is 11.1. The number of carbonyl (C=O) groups is 1. The van der Waals surface area contributed by atoms with Gasteiger partial charge in [-0.2, -0.15) is 0 Å². The third kappa shape index (κ3) is 6.70. The fraction of sp³-hybridized carbons (Fsp3) is 0.409. The van der Waals surface area contributed by atoms with E-state index in [1.54, 1.807) is 0 Å². The lowest BCUT2D eigenvalue weighted by Crippen LogP contribution is -3.12. The number of morpholine rings is 1. The molecule has 3 rings (SSSR count). The number of amides is 1. The minimum atomic E-state index is 0.0696. The highest BCUT2D eigenvalue weighted by Crippen LogP contribution is 2.10. The minimum Gasteiger partial charge on any atom is -0.494 e. The molecule has 1 heterocycles. The van der Waals surface area contributed by atoms with Crippen LogP contribution >= 0.6 is 0 Å². The fourth-order valence-corrected chi connectivity index (χ4v) is 3.23. The molecule has 144 valence electrons. The van der Waals surface area contributed by atoms with E-state index in [1.807, 2.05) is 36.4 Å². The molecule has 1 amide bonds. The van der Waals surface area contributed by atoms with Crippen molar-refractivity contribution in [2.45, 2.75) is 25.9 Å². The van der Waals surface area contributed by atoms with Crippen LogP contribution in [0.4, 0.5) is 0 Å². The first kappa shape index (κ1) is 19.4. The van der Waals surface area contributed by atoms with Gasteiger partial charge in [-0.15, -0.1) is 0 Å². The van der Waals surface area contributed by atoms with Crippen molar-refractivity contribution in [3.05, 3.63) is 65.7 Å². The van der Waals surface area contributed by atoms with Crippen LogP contribution in [0.5, 0.6) is 5.75 Å². The Hall–Kier alpha value is -2.37. The van der Waals surface area contributed by atoms with Crippen molar-refractivity contribution in [1.29, 1.82) is 0 Å². The van der Waals surface area contributed by atoms with Crippen LogP contribution in [0, 0.1) is 0 Å². The maximum atomic E-state index is 12.1. The number of benzene rings is 2. The molecule has 1 saturated heterocycles. The van der Waals surface area contributed by atoms with Crippen molar-refractivity contribution in [3.8, 4) is 5.75 Å². The molecule has 0 aliphatic carbocycles. The summed E-state index contributed by atoms with van der Waals surface area (Å²) in [6.07, 6.45) is 1.18. The third-order valence-corrected chi connectivity index (χ3v) is 4.79. The standard InChI is InChI=1S/C22H28N2O3/c25-22(11-6-14-27-21-9-2-1-3-10-21)23-17-19-7-4-5-8-20(19)18-24-12-15-26-16-13-24/h1-5,7-10H,6,11-18H2,(H,23,25)/p+1. The molecule has 5 nitrogen and oxygen atoms in total. The summed E-state index contributed by atoms with van der Waals surface area (Å²) in [5.74, 6) is 0.914. The van der Waals surface area contributed by atoms with E-state index in [1.165, 1.54) is 16.0 Å². The summed E-state index contributed by atoms with van der Waals surface area (Å²) in [5, 5.41) is 3.05. The van der Waals surface area contributed by atoms with Crippen LogP contribution in [-0.2, 0) is 22.6 Å². The summed E-state index contributed by atoms with van der Waals surface area (Å²) in [6.45, 7) is 5.87. The Morgan fingerprint density at radius 2 is 1.70 bits per heavy atom. The van der Waals surface area contributed by atoms with Gasteiger partial charge in [-0.3, -0.25) is 4.79 Å². The number of ether oxygens (including phenoxy) is 2. The van der Waals surface area contributed by atoms with Gasteiger partial charge in [0.1, 0.15) is 25.4 Å². The van der Waals surface area contributed by atoms with Crippen molar-refractivity contribution < 1.29 is 19.2 Å². The number of quaternary nitrogens is 1. The lowest BCUT2D eigenvalue weighted by molar-refractivity contribution is -0.921. The van der Waals surface area contributed by atoms with Gasteiger partial charge < -0.3 is 19.7 Å². The van der Waals surface area contributed by atoms with Gasteiger partial charge in [0.05, 0.1) is 19.8 Å². The molecule has 0 saturated carbocycles. The molecular formula is C22H29N2O3+. The summed E-state index contributed by atoms with van der Waals surface area (Å²) in [5.41, 5.74) is 2.51. The predicted molar refractivity (Wildman–Crippen MR) is 105 cm³/mol. The largest absolute Gasteiger partial charge is 0.494 e. The van der Waals surface area contributed by atoms with Gasteiger partial charge in [0.15, 0.2) is 0 Å². The highest BCUT2D eigenvalue weighted by Gasteiger charge is 2.16. The van der Waals surface area contributed by atoms with Gasteiger partial charge in [0.2, 0.25) is 5.91 Å². The Balaban J connectivity index is 1.39. The van der Waals surface area contributed by atoms with E-state index in [0.717, 1.165) is 38.6 Å². The molecule has 0 radical (unpaired) electrons. The van der Waals surface area contributed by atoms with Crippen molar-refractivity contribution in [3.63, 3.8) is 0 Å². The second kappa shape index (κ2) is 10.7. The molecule has 0 unspecified atom stereocenters. The molecule has 2 N–H and O–H groups in total. The van der Waals surface area contributed by atoms with Crippen LogP contribution in [0.2, 0.25) is 0 Å². The smallest absolute Gasteiger partial charge is 0.220 e. The normalized spacial score (nSPS) is 14.7. The Morgan fingerprint density at radius 3 is 2.48 bits per heavy atom. The van der Waals surface area contributed by atoms with Crippen LogP contribution in [0.1, 0.15) is 24.0 Å². The van der Waals surface area contributed by atoms with Crippen LogP contribution in [0.3, 0.4) is 0 Å². The lowest BCUT2D eigenvalue weighted by atomic mass is 10.1. The molecule has 0 atom stereocenters. The molecule has 1 aliphatic heterocycles. The van der Waals surface area contributed by atoms with E-state index < -0.39 is 0 Å². The molecule has 1 aliphatic rings. The Labute approximate surface area is 161 Å². The van der Waals surface area contributed by atoms with E-state index in [-0.39, 0.29) is 5.91 Å². The molecule has 1 fully saturated rings. The van der Waals surface area contributed by atoms with E-state index in [0.29, 0.717) is 26.0 Å². The minimum absolute atomic E-state index is 0.0696. The zero-order chi connectivity index (χ0) is 18.7. The fourth-order valence-electron chi connectivity index (χ4n) is 3.23. The Bertz CT molecular complexity index is 700. The zero-order valence-corrected chi connectivity index (χ0v) is 15.8. The highest BCUT2D eigenvalue weighted by molar-refractivity contribution is 5.75. The monoisotopic (exact) mass is 369 g/mol. The van der Waals surface area contributed by atoms with Gasteiger partial charge in [-0.1, -0.05) is 42.5 Å². The van der Waals surface area contributed by atoms with E-state index in [4.69, 9.17) is 9.47 Å². The number of carbonyl (C=O) groups excluding carboxylic acids is 1. The number of para-hydroxylation sites is 1. The van der Waals surface area contributed by atoms with Gasteiger partial charge >= 0.3 is 0 Å². The van der Waals surface area contributed by atoms with Crippen molar-refractivity contribution >= 4 is 5.91 Å². The Kier molecular flexibility index (Phi) is 7.69. The van der Waals surface area contributed by atoms with Gasteiger partial charge in [-0.25, -0.2) is 0 Å². The number of hydrogen-bond acceptors (Lipinski definition) is 3. The summed E-state index contributed by atoms with van der Waals surface area (Å²) in [6, 6.07) is 18.1. The van der Waals surface area contributed by atoms with Gasteiger partial charge in [0, 0.05) is 18.5 Å². The van der Waals surface area contributed by atoms with Crippen LogP contribution < -0.4 is 15.0 Å². The van der Waals surface area contributed by atoms with Crippen LogP contribution in [0.25, 0.3) is 0 Å².